The maximum atomic E-state index is 10.9. The number of carbonyl (C=O) groups excluding carboxylic acids is 1. The molecule has 0 fully saturated rings. The molecule has 0 saturated carbocycles. The molecule has 0 aliphatic rings. The molecule has 0 amide bonds. The fourth-order valence-electron chi connectivity index (χ4n) is 1.14. The minimum Gasteiger partial charge on any atom is -0.497 e. The molecule has 1 rings (SSSR count). The molecule has 4 heteroatoms. The summed E-state index contributed by atoms with van der Waals surface area (Å²) in [6, 6.07) is 7.52. The highest BCUT2D eigenvalue weighted by molar-refractivity contribution is 6.23. The maximum Gasteiger partial charge on any atom is 0.348 e. The number of ether oxygens (including phenoxy) is 2. The van der Waals surface area contributed by atoms with Gasteiger partial charge >= 0.3 is 5.97 Å². The molecule has 4 nitrogen and oxygen atoms in total. The predicted octanol–water partition coefficient (Wildman–Crippen LogP) is 1.83. The third-order valence-corrected chi connectivity index (χ3v) is 1.92. The normalized spacial score (nSPS) is 10.4. The van der Waals surface area contributed by atoms with Gasteiger partial charge in [0.05, 0.1) is 20.3 Å². The summed E-state index contributed by atoms with van der Waals surface area (Å²) in [6.45, 7) is 2.59. The zero-order valence-corrected chi connectivity index (χ0v) is 9.47. The van der Waals surface area contributed by atoms with E-state index < -0.39 is 5.97 Å². The van der Waals surface area contributed by atoms with E-state index in [1.807, 2.05) is 24.3 Å². The second-order valence-corrected chi connectivity index (χ2v) is 3.07. The molecule has 0 heterocycles. The second kappa shape index (κ2) is 6.61. The third kappa shape index (κ3) is 4.13. The van der Waals surface area contributed by atoms with Crippen LogP contribution in [0.2, 0.25) is 0 Å². The van der Waals surface area contributed by atoms with E-state index in [4.69, 9.17) is 9.47 Å². The Bertz CT molecular complexity index is 357. The van der Waals surface area contributed by atoms with Crippen molar-refractivity contribution in [2.24, 2.45) is 4.99 Å². The van der Waals surface area contributed by atoms with Crippen LogP contribution in [0.5, 0.6) is 5.75 Å². The fourth-order valence-corrected chi connectivity index (χ4v) is 1.14. The van der Waals surface area contributed by atoms with Crippen molar-refractivity contribution in [3.8, 4) is 5.75 Å². The molecule has 0 aliphatic heterocycles. The van der Waals surface area contributed by atoms with E-state index in [9.17, 15) is 4.79 Å². The number of carbonyl (C=O) groups is 1. The highest BCUT2D eigenvalue weighted by atomic mass is 16.5. The van der Waals surface area contributed by atoms with Crippen LogP contribution >= 0.6 is 0 Å². The number of rotatable bonds is 5. The van der Waals surface area contributed by atoms with Crippen molar-refractivity contribution in [3.63, 3.8) is 0 Å². The predicted molar refractivity (Wildman–Crippen MR) is 61.8 cm³/mol. The van der Waals surface area contributed by atoms with Crippen LogP contribution in [0.15, 0.2) is 29.3 Å². The summed E-state index contributed by atoms with van der Waals surface area (Å²) in [5.74, 6) is 0.397. The van der Waals surface area contributed by atoms with E-state index in [2.05, 4.69) is 4.99 Å². The average Bonchev–Trinajstić information content (AvgIpc) is 2.30. The number of nitrogens with zero attached hydrogens (tertiary/aromatic N) is 1. The minimum atomic E-state index is -0.406. The van der Waals surface area contributed by atoms with Crippen molar-refractivity contribution in [3.05, 3.63) is 29.8 Å². The Morgan fingerprint density at radius 3 is 2.62 bits per heavy atom. The second-order valence-electron chi connectivity index (χ2n) is 3.07. The van der Waals surface area contributed by atoms with E-state index >= 15 is 0 Å². The summed E-state index contributed by atoms with van der Waals surface area (Å²) in [4.78, 5) is 14.9. The number of benzene rings is 1. The lowest BCUT2D eigenvalue weighted by Crippen LogP contribution is -2.04. The quantitative estimate of drug-likeness (QED) is 0.563. The van der Waals surface area contributed by atoms with Gasteiger partial charge in [0.15, 0.2) is 0 Å². The van der Waals surface area contributed by atoms with Gasteiger partial charge in [-0.3, -0.25) is 4.99 Å². The van der Waals surface area contributed by atoms with Gasteiger partial charge in [0.2, 0.25) is 0 Å². The van der Waals surface area contributed by atoms with Gasteiger partial charge in [0.1, 0.15) is 12.0 Å². The molecule has 0 bridgehead atoms. The molecule has 0 radical (unpaired) electrons. The van der Waals surface area contributed by atoms with Crippen LogP contribution < -0.4 is 4.74 Å². The van der Waals surface area contributed by atoms with Crippen LogP contribution in [-0.2, 0) is 16.1 Å². The highest BCUT2D eigenvalue weighted by Crippen LogP contribution is 2.11. The van der Waals surface area contributed by atoms with Crippen LogP contribution in [0.4, 0.5) is 0 Å². The molecule has 0 spiro atoms. The SMILES string of the molecule is CCOC(=O)/C=N/Cc1ccc(OC)cc1. The van der Waals surface area contributed by atoms with E-state index in [0.29, 0.717) is 13.2 Å². The van der Waals surface area contributed by atoms with Gasteiger partial charge in [0, 0.05) is 0 Å². The van der Waals surface area contributed by atoms with Crippen molar-refractivity contribution in [2.45, 2.75) is 13.5 Å². The lowest BCUT2D eigenvalue weighted by Gasteiger charge is -2.00. The maximum absolute atomic E-state index is 10.9. The summed E-state index contributed by atoms with van der Waals surface area (Å²) in [5.41, 5.74) is 1.02. The Morgan fingerprint density at radius 1 is 1.38 bits per heavy atom. The zero-order valence-electron chi connectivity index (χ0n) is 9.47. The van der Waals surface area contributed by atoms with Gasteiger partial charge in [0.25, 0.3) is 0 Å². The molecular weight excluding hydrogens is 206 g/mol. The first kappa shape index (κ1) is 12.2. The average molecular weight is 221 g/mol. The Morgan fingerprint density at radius 2 is 2.06 bits per heavy atom. The first-order valence-electron chi connectivity index (χ1n) is 5.05. The molecule has 0 saturated heterocycles. The molecule has 16 heavy (non-hydrogen) atoms. The van der Waals surface area contributed by atoms with Gasteiger partial charge in [-0.05, 0) is 24.6 Å². The van der Waals surface area contributed by atoms with E-state index in [1.54, 1.807) is 14.0 Å². The molecule has 86 valence electrons. The van der Waals surface area contributed by atoms with Crippen molar-refractivity contribution >= 4 is 12.2 Å². The van der Waals surface area contributed by atoms with E-state index in [-0.39, 0.29) is 0 Å². The van der Waals surface area contributed by atoms with Crippen LogP contribution in [0.25, 0.3) is 0 Å². The largest absolute Gasteiger partial charge is 0.497 e. The van der Waals surface area contributed by atoms with Crippen LogP contribution in [0.1, 0.15) is 12.5 Å². The lowest BCUT2D eigenvalue weighted by atomic mass is 10.2. The van der Waals surface area contributed by atoms with E-state index in [1.165, 1.54) is 6.21 Å². The topological polar surface area (TPSA) is 47.9 Å². The molecule has 0 N–H and O–H groups in total. The van der Waals surface area contributed by atoms with Crippen LogP contribution in [-0.4, -0.2) is 25.9 Å². The summed E-state index contributed by atoms with van der Waals surface area (Å²) >= 11 is 0. The molecule has 0 unspecified atom stereocenters. The number of hydrogen-bond acceptors (Lipinski definition) is 4. The molecule has 1 aromatic rings. The van der Waals surface area contributed by atoms with Gasteiger partial charge in [-0.1, -0.05) is 12.1 Å². The molecule has 0 atom stereocenters. The molecule has 0 aliphatic carbocycles. The summed E-state index contributed by atoms with van der Waals surface area (Å²) < 4.78 is 9.74. The van der Waals surface area contributed by atoms with Gasteiger partial charge < -0.3 is 9.47 Å². The molecular formula is C12H15NO3. The van der Waals surface area contributed by atoms with Crippen molar-refractivity contribution in [2.75, 3.05) is 13.7 Å². The summed E-state index contributed by atoms with van der Waals surface area (Å²) in [7, 11) is 1.62. The van der Waals surface area contributed by atoms with Crippen molar-refractivity contribution < 1.29 is 14.3 Å². The summed E-state index contributed by atoms with van der Waals surface area (Å²) in [5, 5.41) is 0. The fraction of sp³-hybridized carbons (Fsp3) is 0.333. The Labute approximate surface area is 94.9 Å². The third-order valence-electron chi connectivity index (χ3n) is 1.92. The van der Waals surface area contributed by atoms with E-state index in [0.717, 1.165) is 11.3 Å². The Balaban J connectivity index is 2.45. The first-order chi connectivity index (χ1) is 7.76. The van der Waals surface area contributed by atoms with Crippen molar-refractivity contribution in [1.82, 2.24) is 0 Å². The Kier molecular flexibility index (Phi) is 5.05. The van der Waals surface area contributed by atoms with Crippen LogP contribution in [0, 0.1) is 0 Å². The monoisotopic (exact) mass is 221 g/mol. The number of esters is 1. The molecule has 0 aromatic heterocycles. The van der Waals surface area contributed by atoms with Gasteiger partial charge in [-0.15, -0.1) is 0 Å². The number of hydrogen-bond donors (Lipinski definition) is 0. The van der Waals surface area contributed by atoms with Crippen molar-refractivity contribution in [1.29, 1.82) is 0 Å². The first-order valence-corrected chi connectivity index (χ1v) is 5.05. The lowest BCUT2D eigenvalue weighted by molar-refractivity contribution is -0.134. The Hall–Kier alpha value is -1.84. The minimum absolute atomic E-state index is 0.368. The summed E-state index contributed by atoms with van der Waals surface area (Å²) in [6.07, 6.45) is 1.20. The smallest absolute Gasteiger partial charge is 0.348 e. The number of methoxy groups -OCH3 is 1. The zero-order chi connectivity index (χ0) is 11.8. The van der Waals surface area contributed by atoms with Gasteiger partial charge in [-0.2, -0.15) is 0 Å². The number of aliphatic imine (C=N–C) groups is 1. The van der Waals surface area contributed by atoms with Crippen LogP contribution in [0.3, 0.4) is 0 Å². The standard InChI is InChI=1S/C12H15NO3/c1-3-16-12(14)9-13-8-10-4-6-11(15-2)7-5-10/h4-7,9H,3,8H2,1-2H3/b13-9+. The molecule has 1 aromatic carbocycles. The highest BCUT2D eigenvalue weighted by Gasteiger charge is 1.95. The van der Waals surface area contributed by atoms with Gasteiger partial charge in [-0.25, -0.2) is 4.79 Å².